The van der Waals surface area contributed by atoms with Crippen molar-refractivity contribution in [2.24, 2.45) is 5.92 Å². The predicted molar refractivity (Wildman–Crippen MR) is 153 cm³/mol. The van der Waals surface area contributed by atoms with E-state index in [9.17, 15) is 9.59 Å². The summed E-state index contributed by atoms with van der Waals surface area (Å²) < 4.78 is 18.2. The number of hydrogen-bond donors (Lipinski definition) is 2. The van der Waals surface area contributed by atoms with Crippen molar-refractivity contribution in [3.05, 3.63) is 83.2 Å². The van der Waals surface area contributed by atoms with Gasteiger partial charge < -0.3 is 24.8 Å². The molecular weight excluding hydrogens is 520 g/mol. The Morgan fingerprint density at radius 2 is 1.88 bits per heavy atom. The van der Waals surface area contributed by atoms with Crippen LogP contribution in [0.3, 0.4) is 0 Å². The van der Waals surface area contributed by atoms with Gasteiger partial charge in [0.25, 0.3) is 11.8 Å². The molecule has 2 fully saturated rings. The van der Waals surface area contributed by atoms with Gasteiger partial charge in [-0.1, -0.05) is 18.2 Å². The Hall–Kier alpha value is -4.11. The quantitative estimate of drug-likeness (QED) is 0.481. The predicted octanol–water partition coefficient (Wildman–Crippen LogP) is 3.29. The summed E-state index contributed by atoms with van der Waals surface area (Å²) in [7, 11) is 0. The fourth-order valence-corrected chi connectivity index (χ4v) is 5.18. The number of hydrogen-bond acceptors (Lipinski definition) is 7. The molecule has 0 spiro atoms. The van der Waals surface area contributed by atoms with Crippen LogP contribution in [0, 0.1) is 12.8 Å². The minimum absolute atomic E-state index is 0.163. The van der Waals surface area contributed by atoms with Gasteiger partial charge >= 0.3 is 0 Å². The SMILES string of the molecule is Cc1cccc(CCN2C[C@@H]3NC(=O)c4cc(cc(OCC5CC5)c4)OCC(=O)NCc4ccc(cc4)O[C@H]3C2)n1. The maximum atomic E-state index is 13.6. The maximum Gasteiger partial charge on any atom is 0.258 e. The number of carbonyl (C=O) groups is 2. The van der Waals surface area contributed by atoms with Crippen LogP contribution in [0.15, 0.2) is 60.7 Å². The third kappa shape index (κ3) is 7.35. The monoisotopic (exact) mass is 556 g/mol. The molecule has 3 aromatic rings. The smallest absolute Gasteiger partial charge is 0.258 e. The average Bonchev–Trinajstić information content (AvgIpc) is 3.73. The van der Waals surface area contributed by atoms with Crippen molar-refractivity contribution in [2.75, 3.05) is 32.8 Å². The average molecular weight is 557 g/mol. The number of ether oxygens (including phenoxy) is 3. The Bertz CT molecular complexity index is 1390. The lowest BCUT2D eigenvalue weighted by Crippen LogP contribution is -2.45. The molecule has 2 N–H and O–H groups in total. The first-order valence-electron chi connectivity index (χ1n) is 14.4. The van der Waals surface area contributed by atoms with Crippen LogP contribution in [0.1, 0.15) is 40.2 Å². The summed E-state index contributed by atoms with van der Waals surface area (Å²) in [5, 5.41) is 6.09. The zero-order valence-electron chi connectivity index (χ0n) is 23.3. The normalized spacial score (nSPS) is 21.2. The van der Waals surface area contributed by atoms with Gasteiger partial charge in [-0.15, -0.1) is 0 Å². The summed E-state index contributed by atoms with van der Waals surface area (Å²) in [6.07, 6.45) is 2.89. The number of rotatable bonds is 6. The van der Waals surface area contributed by atoms with Gasteiger partial charge in [-0.25, -0.2) is 0 Å². The molecule has 4 aliphatic rings. The van der Waals surface area contributed by atoms with Crippen LogP contribution in [0.25, 0.3) is 0 Å². The van der Waals surface area contributed by atoms with Gasteiger partial charge in [-0.3, -0.25) is 19.5 Å². The Morgan fingerprint density at radius 3 is 2.68 bits per heavy atom. The number of nitrogens with one attached hydrogen (secondary N) is 2. The third-order valence-corrected chi connectivity index (χ3v) is 7.68. The van der Waals surface area contributed by atoms with Crippen LogP contribution in [0.4, 0.5) is 0 Å². The van der Waals surface area contributed by atoms with Crippen molar-refractivity contribution in [1.82, 2.24) is 20.5 Å². The van der Waals surface area contributed by atoms with Crippen LogP contribution in [0.5, 0.6) is 17.2 Å². The molecule has 2 atom stereocenters. The number of aromatic nitrogens is 1. The van der Waals surface area contributed by atoms with E-state index in [0.717, 1.165) is 48.5 Å². The molecule has 41 heavy (non-hydrogen) atoms. The minimum Gasteiger partial charge on any atom is -0.493 e. The number of amides is 2. The number of likely N-dealkylation sites (tertiary alicyclic amines) is 1. The standard InChI is InChI=1S/C32H36N4O5/c1-21-3-2-4-25(34-21)11-12-36-17-29-30(18-36)41-26-9-7-22(8-10-26)16-33-31(37)20-40-28-14-24(32(38)35-29)13-27(15-28)39-19-23-5-6-23/h2-4,7-10,13-15,23,29-30H,5-6,11-12,16-20H2,1H3,(H,33,37)(H,35,38)/t29-,30-/m0/s1. The number of carbonyl (C=O) groups excluding carboxylic acids is 2. The fourth-order valence-electron chi connectivity index (χ4n) is 5.18. The second kappa shape index (κ2) is 12.2. The molecule has 1 aromatic heterocycles. The number of pyridine rings is 1. The first-order chi connectivity index (χ1) is 20.0. The summed E-state index contributed by atoms with van der Waals surface area (Å²) in [5.41, 5.74) is 3.43. The van der Waals surface area contributed by atoms with E-state index in [1.54, 1.807) is 18.2 Å². The molecule has 0 radical (unpaired) electrons. The van der Waals surface area contributed by atoms with Gasteiger partial charge in [0.2, 0.25) is 0 Å². The Labute approximate surface area is 240 Å². The Balaban J connectivity index is 1.23. The van der Waals surface area contributed by atoms with Gasteiger partial charge in [0.15, 0.2) is 6.61 Å². The van der Waals surface area contributed by atoms with Crippen LogP contribution < -0.4 is 24.8 Å². The van der Waals surface area contributed by atoms with Crippen molar-refractivity contribution in [2.45, 2.75) is 44.9 Å². The van der Waals surface area contributed by atoms with Gasteiger partial charge in [0.05, 0.1) is 12.6 Å². The zero-order chi connectivity index (χ0) is 28.2. The summed E-state index contributed by atoms with van der Waals surface area (Å²) in [6.45, 7) is 4.96. The second-order valence-electron chi connectivity index (χ2n) is 11.2. The fraction of sp³-hybridized carbons (Fsp3) is 0.406. The molecule has 7 rings (SSSR count). The third-order valence-electron chi connectivity index (χ3n) is 7.68. The van der Waals surface area contributed by atoms with Gasteiger partial charge in [0, 0.05) is 55.6 Å². The molecule has 9 heteroatoms. The molecule has 1 saturated heterocycles. The molecule has 9 nitrogen and oxygen atoms in total. The molecule has 3 aliphatic heterocycles. The number of nitrogens with zero attached hydrogens (tertiary/aromatic N) is 2. The van der Waals surface area contributed by atoms with Crippen molar-refractivity contribution in [3.8, 4) is 17.2 Å². The van der Waals surface area contributed by atoms with E-state index in [4.69, 9.17) is 14.2 Å². The molecule has 214 valence electrons. The lowest BCUT2D eigenvalue weighted by molar-refractivity contribution is -0.123. The van der Waals surface area contributed by atoms with Crippen molar-refractivity contribution in [3.63, 3.8) is 0 Å². The van der Waals surface area contributed by atoms with Crippen LogP contribution in [-0.4, -0.2) is 66.7 Å². The number of fused-ring (bicyclic) bond motifs is 7. The van der Waals surface area contributed by atoms with Crippen molar-refractivity contribution < 1.29 is 23.8 Å². The van der Waals surface area contributed by atoms with E-state index >= 15 is 0 Å². The Morgan fingerprint density at radius 1 is 1.02 bits per heavy atom. The maximum absolute atomic E-state index is 13.6. The molecular formula is C32H36N4O5. The summed E-state index contributed by atoms with van der Waals surface area (Å²) in [5.74, 6) is 1.76. The van der Waals surface area contributed by atoms with Crippen molar-refractivity contribution >= 4 is 11.8 Å². The van der Waals surface area contributed by atoms with Gasteiger partial charge in [-0.05, 0) is 67.6 Å². The largest absolute Gasteiger partial charge is 0.493 e. The lowest BCUT2D eigenvalue weighted by Gasteiger charge is -2.22. The second-order valence-corrected chi connectivity index (χ2v) is 11.2. The van der Waals surface area contributed by atoms with Gasteiger partial charge in [0.1, 0.15) is 23.4 Å². The van der Waals surface area contributed by atoms with E-state index in [1.165, 1.54) is 0 Å². The van der Waals surface area contributed by atoms with E-state index in [-0.39, 0.29) is 30.6 Å². The summed E-state index contributed by atoms with van der Waals surface area (Å²) in [4.78, 5) is 33.0. The molecule has 2 amide bonds. The van der Waals surface area contributed by atoms with E-state index in [2.05, 4.69) is 20.5 Å². The Kier molecular flexibility index (Phi) is 8.04. The highest BCUT2D eigenvalue weighted by molar-refractivity contribution is 5.95. The number of benzene rings is 2. The highest BCUT2D eigenvalue weighted by Crippen LogP contribution is 2.31. The van der Waals surface area contributed by atoms with E-state index in [1.807, 2.05) is 49.4 Å². The first-order valence-corrected chi connectivity index (χ1v) is 14.4. The molecule has 0 unspecified atom stereocenters. The minimum atomic E-state index is -0.250. The summed E-state index contributed by atoms with van der Waals surface area (Å²) >= 11 is 0. The molecule has 1 saturated carbocycles. The van der Waals surface area contributed by atoms with E-state index in [0.29, 0.717) is 49.2 Å². The molecule has 1 aliphatic carbocycles. The first kappa shape index (κ1) is 27.1. The molecule has 2 aromatic carbocycles. The van der Waals surface area contributed by atoms with Crippen LogP contribution in [-0.2, 0) is 17.8 Å². The summed E-state index contributed by atoms with van der Waals surface area (Å²) in [6, 6.07) is 18.7. The highest BCUT2D eigenvalue weighted by Gasteiger charge is 2.36. The lowest BCUT2D eigenvalue weighted by atomic mass is 10.1. The zero-order valence-corrected chi connectivity index (χ0v) is 23.3. The van der Waals surface area contributed by atoms with E-state index < -0.39 is 0 Å². The van der Waals surface area contributed by atoms with Gasteiger partial charge in [-0.2, -0.15) is 0 Å². The molecule has 4 bridgehead atoms. The van der Waals surface area contributed by atoms with Crippen molar-refractivity contribution in [1.29, 1.82) is 0 Å². The van der Waals surface area contributed by atoms with Crippen LogP contribution >= 0.6 is 0 Å². The topological polar surface area (TPSA) is 102 Å². The highest BCUT2D eigenvalue weighted by atomic mass is 16.5. The molecule has 4 heterocycles. The van der Waals surface area contributed by atoms with Crippen LogP contribution in [0.2, 0.25) is 0 Å². The number of aryl methyl sites for hydroxylation is 1.